The molecule has 8 heteroatoms. The zero-order valence-corrected chi connectivity index (χ0v) is 18.6. The Bertz CT molecular complexity index is 377. The van der Waals surface area contributed by atoms with E-state index in [1.807, 2.05) is 0 Å². The maximum Gasteiger partial charge on any atom is 0.305 e. The molecule has 7 nitrogen and oxygen atoms in total. The molecule has 1 fully saturated rings. The Morgan fingerprint density at radius 2 is 2.00 bits per heavy atom. The molecule has 0 spiro atoms. The fraction of sp³-hybridized carbons (Fsp3) is 0.889. The smallest absolute Gasteiger partial charge is 0.305 e. The van der Waals surface area contributed by atoms with E-state index < -0.39 is 0 Å². The van der Waals surface area contributed by atoms with E-state index in [0.717, 1.165) is 83.9 Å². The van der Waals surface area contributed by atoms with Crippen molar-refractivity contribution in [3.8, 4) is 0 Å². The molecule has 1 unspecified atom stereocenters. The van der Waals surface area contributed by atoms with Crippen molar-refractivity contribution in [2.75, 3.05) is 46.6 Å². The van der Waals surface area contributed by atoms with Crippen LogP contribution in [0.25, 0.3) is 0 Å². The summed E-state index contributed by atoms with van der Waals surface area (Å²) in [5.41, 5.74) is 0. The maximum absolute atomic E-state index is 11.0. The molecule has 154 valence electrons. The first-order valence-electron chi connectivity index (χ1n) is 9.54. The van der Waals surface area contributed by atoms with Gasteiger partial charge in [-0.15, -0.1) is 24.0 Å². The molecule has 1 saturated heterocycles. The van der Waals surface area contributed by atoms with Gasteiger partial charge in [0.2, 0.25) is 0 Å². The minimum Gasteiger partial charge on any atom is -0.469 e. The molecule has 0 radical (unpaired) electrons. The quantitative estimate of drug-likeness (QED) is 0.137. The zero-order chi connectivity index (χ0) is 18.2. The molecule has 1 rings (SSSR count). The number of carbonyl (C=O) groups excluding carboxylic acids is 1. The van der Waals surface area contributed by atoms with Gasteiger partial charge in [-0.25, -0.2) is 0 Å². The number of carbonyl (C=O) groups is 1. The summed E-state index contributed by atoms with van der Waals surface area (Å²) in [5, 5.41) is 6.61. The van der Waals surface area contributed by atoms with E-state index in [9.17, 15) is 4.79 Å². The molecule has 1 heterocycles. The summed E-state index contributed by atoms with van der Waals surface area (Å²) in [6.07, 6.45) is 6.82. The number of guanidine groups is 1. The molecule has 0 aliphatic carbocycles. The lowest BCUT2D eigenvalue weighted by molar-refractivity contribution is -0.140. The molecular formula is C18H36IN3O4. The van der Waals surface area contributed by atoms with Gasteiger partial charge in [0, 0.05) is 39.3 Å². The van der Waals surface area contributed by atoms with Gasteiger partial charge in [-0.05, 0) is 32.6 Å². The van der Waals surface area contributed by atoms with Crippen molar-refractivity contribution in [2.24, 2.45) is 4.99 Å². The highest BCUT2D eigenvalue weighted by Crippen LogP contribution is 2.08. The summed E-state index contributed by atoms with van der Waals surface area (Å²) in [4.78, 5) is 15.6. The highest BCUT2D eigenvalue weighted by molar-refractivity contribution is 14.0. The van der Waals surface area contributed by atoms with Crippen molar-refractivity contribution in [1.29, 1.82) is 0 Å². The van der Waals surface area contributed by atoms with Crippen LogP contribution in [0.4, 0.5) is 0 Å². The van der Waals surface area contributed by atoms with E-state index in [0.29, 0.717) is 6.42 Å². The van der Waals surface area contributed by atoms with E-state index in [2.05, 4.69) is 27.3 Å². The molecule has 1 aliphatic rings. The number of nitrogens with zero attached hydrogens (tertiary/aromatic N) is 1. The van der Waals surface area contributed by atoms with Crippen molar-refractivity contribution < 1.29 is 19.0 Å². The number of hydrogen-bond acceptors (Lipinski definition) is 5. The number of methoxy groups -OCH3 is 1. The highest BCUT2D eigenvalue weighted by atomic mass is 127. The van der Waals surface area contributed by atoms with E-state index in [1.54, 1.807) is 0 Å². The minimum atomic E-state index is -0.121. The first-order valence-corrected chi connectivity index (χ1v) is 9.54. The molecule has 1 atom stereocenters. The van der Waals surface area contributed by atoms with Gasteiger partial charge in [-0.3, -0.25) is 9.79 Å². The van der Waals surface area contributed by atoms with Gasteiger partial charge < -0.3 is 24.8 Å². The minimum absolute atomic E-state index is 0. The van der Waals surface area contributed by atoms with E-state index >= 15 is 0 Å². The van der Waals surface area contributed by atoms with Gasteiger partial charge in [-0.2, -0.15) is 0 Å². The van der Waals surface area contributed by atoms with Crippen molar-refractivity contribution in [3.05, 3.63) is 0 Å². The van der Waals surface area contributed by atoms with Crippen LogP contribution in [0.3, 0.4) is 0 Å². The Labute approximate surface area is 175 Å². The number of aliphatic imine (C=N–C) groups is 1. The molecule has 0 aromatic heterocycles. The third-order valence-corrected chi connectivity index (χ3v) is 3.99. The van der Waals surface area contributed by atoms with Crippen molar-refractivity contribution in [2.45, 2.75) is 58.0 Å². The van der Waals surface area contributed by atoms with Gasteiger partial charge in [0.15, 0.2) is 5.96 Å². The largest absolute Gasteiger partial charge is 0.469 e. The van der Waals surface area contributed by atoms with E-state index in [-0.39, 0.29) is 36.0 Å². The topological polar surface area (TPSA) is 81.2 Å². The van der Waals surface area contributed by atoms with Crippen LogP contribution in [-0.4, -0.2) is 64.6 Å². The second-order valence-corrected chi connectivity index (χ2v) is 6.14. The molecule has 26 heavy (non-hydrogen) atoms. The molecule has 0 bridgehead atoms. The summed E-state index contributed by atoms with van der Waals surface area (Å²) in [5.74, 6) is 0.741. The van der Waals surface area contributed by atoms with Gasteiger partial charge in [0.25, 0.3) is 0 Å². The molecule has 0 amide bonds. The van der Waals surface area contributed by atoms with Crippen molar-refractivity contribution in [3.63, 3.8) is 0 Å². The summed E-state index contributed by atoms with van der Waals surface area (Å²) in [7, 11) is 1.43. The van der Waals surface area contributed by atoms with Crippen LogP contribution in [0.15, 0.2) is 4.99 Å². The second kappa shape index (κ2) is 17.8. The number of hydrogen-bond donors (Lipinski definition) is 2. The SMILES string of the molecule is CCNC(=NCCCOC1CCOC1)NCCCCCCC(=O)OC.I. The summed E-state index contributed by atoms with van der Waals surface area (Å²) < 4.78 is 15.7. The number of ether oxygens (including phenoxy) is 3. The third kappa shape index (κ3) is 13.6. The molecule has 0 aromatic carbocycles. The standard InChI is InChI=1S/C18H35N3O4.HI/c1-3-19-18(20-11-7-5-4-6-9-17(22)23-2)21-12-8-13-25-16-10-14-24-15-16;/h16H,3-15H2,1-2H3,(H2,19,20,21);1H. The third-order valence-electron chi connectivity index (χ3n) is 3.99. The van der Waals surface area contributed by atoms with Crippen LogP contribution < -0.4 is 10.6 Å². The fourth-order valence-corrected chi connectivity index (χ4v) is 2.55. The Balaban J connectivity index is 0.00000625. The number of unbranched alkanes of at least 4 members (excludes halogenated alkanes) is 3. The first kappa shape index (κ1) is 25.4. The lowest BCUT2D eigenvalue weighted by Crippen LogP contribution is -2.37. The molecule has 2 N–H and O–H groups in total. The lowest BCUT2D eigenvalue weighted by atomic mass is 10.1. The average Bonchev–Trinajstić information content (AvgIpc) is 3.13. The average molecular weight is 485 g/mol. The Kier molecular flexibility index (Phi) is 17.4. The first-order chi connectivity index (χ1) is 12.3. The van der Waals surface area contributed by atoms with Crippen molar-refractivity contribution in [1.82, 2.24) is 10.6 Å². The summed E-state index contributed by atoms with van der Waals surface area (Å²) >= 11 is 0. The predicted octanol–water partition coefficient (Wildman–Crippen LogP) is 2.48. The van der Waals surface area contributed by atoms with E-state index in [1.165, 1.54) is 7.11 Å². The Hall–Kier alpha value is -0.610. The van der Waals surface area contributed by atoms with Crippen LogP contribution in [0.5, 0.6) is 0 Å². The van der Waals surface area contributed by atoms with Gasteiger partial charge >= 0.3 is 5.97 Å². The Morgan fingerprint density at radius 3 is 2.69 bits per heavy atom. The van der Waals surface area contributed by atoms with Gasteiger partial charge in [-0.1, -0.05) is 12.8 Å². The monoisotopic (exact) mass is 485 g/mol. The summed E-state index contributed by atoms with van der Waals surface area (Å²) in [6.45, 7) is 6.83. The van der Waals surface area contributed by atoms with E-state index in [4.69, 9.17) is 9.47 Å². The van der Waals surface area contributed by atoms with Crippen LogP contribution in [-0.2, 0) is 19.0 Å². The van der Waals surface area contributed by atoms with Crippen LogP contribution in [0, 0.1) is 0 Å². The number of esters is 1. The normalized spacial score (nSPS) is 16.8. The van der Waals surface area contributed by atoms with Gasteiger partial charge in [0.1, 0.15) is 0 Å². The Morgan fingerprint density at radius 1 is 1.19 bits per heavy atom. The molecule has 0 aromatic rings. The van der Waals surface area contributed by atoms with Crippen molar-refractivity contribution >= 4 is 35.9 Å². The van der Waals surface area contributed by atoms with Gasteiger partial charge in [0.05, 0.1) is 19.8 Å². The number of halogens is 1. The molecule has 0 saturated carbocycles. The van der Waals surface area contributed by atoms with Crippen LogP contribution >= 0.6 is 24.0 Å². The molecule has 1 aliphatic heterocycles. The zero-order valence-electron chi connectivity index (χ0n) is 16.3. The second-order valence-electron chi connectivity index (χ2n) is 6.14. The van der Waals surface area contributed by atoms with Crippen LogP contribution in [0.1, 0.15) is 51.9 Å². The lowest BCUT2D eigenvalue weighted by Gasteiger charge is -2.12. The fourth-order valence-electron chi connectivity index (χ4n) is 2.55. The van der Waals surface area contributed by atoms with Crippen LogP contribution in [0.2, 0.25) is 0 Å². The number of rotatable bonds is 13. The summed E-state index contributed by atoms with van der Waals surface area (Å²) in [6, 6.07) is 0. The number of nitrogens with one attached hydrogen (secondary N) is 2. The highest BCUT2D eigenvalue weighted by Gasteiger charge is 2.15. The maximum atomic E-state index is 11.0. The predicted molar refractivity (Wildman–Crippen MR) is 114 cm³/mol. The molecular weight excluding hydrogens is 449 g/mol.